The van der Waals surface area contributed by atoms with Crippen LogP contribution in [0.4, 0.5) is 42.2 Å². The second-order valence-corrected chi connectivity index (χ2v) is 10.7. The van der Waals surface area contributed by atoms with Crippen LogP contribution in [0, 0.1) is 12.7 Å². The van der Waals surface area contributed by atoms with Gasteiger partial charge >= 0.3 is 24.3 Å². The molecule has 4 aromatic rings. The highest BCUT2D eigenvalue weighted by atomic mass is 19.4. The zero-order valence-corrected chi connectivity index (χ0v) is 24.8. The molecule has 1 amide bonds. The van der Waals surface area contributed by atoms with Gasteiger partial charge in [-0.3, -0.25) is 9.78 Å². The van der Waals surface area contributed by atoms with Crippen LogP contribution in [0.15, 0.2) is 37.1 Å². The van der Waals surface area contributed by atoms with Crippen LogP contribution in [0.1, 0.15) is 41.7 Å². The Kier molecular flexibility index (Phi) is 10.7. The smallest absolute Gasteiger partial charge is 0.475 e. The van der Waals surface area contributed by atoms with Gasteiger partial charge in [0, 0.05) is 62.2 Å². The Morgan fingerprint density at radius 2 is 1.40 bits per heavy atom. The molecule has 0 unspecified atom stereocenters. The van der Waals surface area contributed by atoms with Gasteiger partial charge in [0.05, 0.1) is 16.9 Å². The van der Waals surface area contributed by atoms with E-state index in [4.69, 9.17) is 19.8 Å². The third-order valence-corrected chi connectivity index (χ3v) is 6.94. The molecule has 0 spiro atoms. The normalized spacial score (nSPS) is 15.3. The number of carbonyl (C=O) groups is 3. The van der Waals surface area contributed by atoms with Crippen molar-refractivity contribution in [3.63, 3.8) is 0 Å². The number of amides is 1. The molecular weight excluding hydrogens is 661 g/mol. The van der Waals surface area contributed by atoms with E-state index in [1.807, 2.05) is 0 Å². The maximum absolute atomic E-state index is 14.4. The van der Waals surface area contributed by atoms with E-state index in [0.717, 1.165) is 31.7 Å². The Morgan fingerprint density at radius 1 is 0.854 bits per heavy atom. The number of carboxylic acids is 2. The lowest BCUT2D eigenvalue weighted by Gasteiger charge is -2.33. The fraction of sp³-hybridized carbons (Fsp3) is 0.393. The van der Waals surface area contributed by atoms with Crippen LogP contribution in [0.5, 0.6) is 0 Å². The fourth-order valence-corrected chi connectivity index (χ4v) is 4.63. The van der Waals surface area contributed by atoms with Crippen molar-refractivity contribution in [3.8, 4) is 0 Å². The average molecular weight is 689 g/mol. The number of aryl methyl sites for hydroxylation is 1. The quantitative estimate of drug-likeness (QED) is 0.219. The van der Waals surface area contributed by atoms with Gasteiger partial charge in [0.2, 0.25) is 0 Å². The number of aromatic nitrogens is 5. The molecule has 0 atom stereocenters. The van der Waals surface area contributed by atoms with Gasteiger partial charge in [-0.1, -0.05) is 0 Å². The Hall–Kier alpha value is -5.14. The molecule has 0 radical (unpaired) electrons. The summed E-state index contributed by atoms with van der Waals surface area (Å²) in [7, 11) is 0. The van der Waals surface area contributed by atoms with Crippen molar-refractivity contribution in [1.82, 2.24) is 29.7 Å². The first-order valence-electron chi connectivity index (χ1n) is 14.1. The van der Waals surface area contributed by atoms with Crippen molar-refractivity contribution in [2.24, 2.45) is 0 Å². The van der Waals surface area contributed by atoms with Crippen molar-refractivity contribution in [1.29, 1.82) is 0 Å². The van der Waals surface area contributed by atoms with Crippen LogP contribution in [0.3, 0.4) is 0 Å². The first-order valence-corrected chi connectivity index (χ1v) is 14.1. The Bertz CT molecular complexity index is 1780. The minimum absolute atomic E-state index is 0.217. The van der Waals surface area contributed by atoms with E-state index in [1.54, 1.807) is 36.1 Å². The van der Waals surface area contributed by atoms with Gasteiger partial charge in [-0.25, -0.2) is 28.9 Å². The SMILES string of the molecule is Cc1cn2cc(NC(=O)c3cnc(N4CCC(NC5CC5)CC4)c4nccnc34)cc(F)c2n1.O=C(O)C(F)(F)F.O=C(O)C(F)(F)F. The number of nitrogens with zero attached hydrogens (tertiary/aromatic N) is 6. The predicted octanol–water partition coefficient (Wildman–Crippen LogP) is 4.36. The highest BCUT2D eigenvalue weighted by Gasteiger charge is 2.39. The maximum Gasteiger partial charge on any atom is 0.490 e. The first kappa shape index (κ1) is 35.7. The number of fused-ring (bicyclic) bond motifs is 2. The lowest BCUT2D eigenvalue weighted by molar-refractivity contribution is -0.193. The number of pyridine rings is 2. The van der Waals surface area contributed by atoms with E-state index in [-0.39, 0.29) is 5.65 Å². The number of imidazole rings is 1. The molecule has 1 aliphatic heterocycles. The number of hydrogen-bond acceptors (Lipinski definition) is 9. The fourth-order valence-electron chi connectivity index (χ4n) is 4.63. The molecule has 0 aromatic carbocycles. The van der Waals surface area contributed by atoms with E-state index in [0.29, 0.717) is 40.1 Å². The van der Waals surface area contributed by atoms with E-state index in [9.17, 15) is 35.5 Å². The van der Waals surface area contributed by atoms with Crippen molar-refractivity contribution >= 4 is 46.0 Å². The van der Waals surface area contributed by atoms with Gasteiger partial charge in [-0.05, 0) is 32.6 Å². The van der Waals surface area contributed by atoms with Crippen molar-refractivity contribution in [2.75, 3.05) is 23.3 Å². The molecule has 1 aliphatic carbocycles. The lowest BCUT2D eigenvalue weighted by atomic mass is 10.0. The highest BCUT2D eigenvalue weighted by Crippen LogP contribution is 2.28. The molecular formula is C28H27F7N8O5. The summed E-state index contributed by atoms with van der Waals surface area (Å²) in [5, 5.41) is 20.7. The molecule has 48 heavy (non-hydrogen) atoms. The number of alkyl halides is 6. The number of anilines is 2. The Labute approximate surface area is 265 Å². The molecule has 0 bridgehead atoms. The number of hydrogen-bond donors (Lipinski definition) is 4. The number of piperidine rings is 1. The van der Waals surface area contributed by atoms with Crippen LogP contribution in [0.2, 0.25) is 0 Å². The minimum Gasteiger partial charge on any atom is -0.475 e. The maximum atomic E-state index is 14.4. The third-order valence-electron chi connectivity index (χ3n) is 6.94. The van der Waals surface area contributed by atoms with Gasteiger partial charge in [0.15, 0.2) is 17.3 Å². The Balaban J connectivity index is 0.000000314. The summed E-state index contributed by atoms with van der Waals surface area (Å²) in [6.45, 7) is 3.53. The van der Waals surface area contributed by atoms with Crippen molar-refractivity contribution in [2.45, 2.75) is 57.0 Å². The van der Waals surface area contributed by atoms with Gasteiger partial charge in [-0.2, -0.15) is 26.3 Å². The molecule has 20 heteroatoms. The van der Waals surface area contributed by atoms with Crippen LogP contribution in [-0.4, -0.2) is 89.9 Å². The van der Waals surface area contributed by atoms with Gasteiger partial charge in [-0.15, -0.1) is 0 Å². The molecule has 2 aliphatic rings. The second-order valence-electron chi connectivity index (χ2n) is 10.7. The van der Waals surface area contributed by atoms with E-state index < -0.39 is 36.0 Å². The number of carbonyl (C=O) groups excluding carboxylic acids is 1. The molecule has 1 saturated carbocycles. The number of aliphatic carboxylic acids is 2. The second kappa shape index (κ2) is 14.3. The molecule has 4 N–H and O–H groups in total. The summed E-state index contributed by atoms with van der Waals surface area (Å²) in [4.78, 5) is 50.8. The largest absolute Gasteiger partial charge is 0.490 e. The molecule has 6 rings (SSSR count). The van der Waals surface area contributed by atoms with Crippen molar-refractivity contribution < 1.29 is 55.3 Å². The summed E-state index contributed by atoms with van der Waals surface area (Å²) in [6, 6.07) is 2.50. The van der Waals surface area contributed by atoms with Gasteiger partial charge in [0.25, 0.3) is 5.91 Å². The van der Waals surface area contributed by atoms with Crippen molar-refractivity contribution in [3.05, 3.63) is 54.1 Å². The summed E-state index contributed by atoms with van der Waals surface area (Å²) in [5.74, 6) is -5.71. The molecule has 13 nitrogen and oxygen atoms in total. The summed E-state index contributed by atoms with van der Waals surface area (Å²) >= 11 is 0. The average Bonchev–Trinajstić information content (AvgIpc) is 3.74. The third kappa shape index (κ3) is 9.23. The molecule has 258 valence electrons. The van der Waals surface area contributed by atoms with Crippen LogP contribution >= 0.6 is 0 Å². The summed E-state index contributed by atoms with van der Waals surface area (Å²) in [5.41, 5.74) is 2.59. The van der Waals surface area contributed by atoms with E-state index in [2.05, 4.69) is 35.5 Å². The molecule has 1 saturated heterocycles. The molecule has 5 heterocycles. The van der Waals surface area contributed by atoms with Crippen LogP contribution < -0.4 is 15.5 Å². The Morgan fingerprint density at radius 3 is 1.94 bits per heavy atom. The summed E-state index contributed by atoms with van der Waals surface area (Å²) in [6.07, 6.45) is 2.54. The van der Waals surface area contributed by atoms with Crippen LogP contribution in [0.25, 0.3) is 16.7 Å². The standard InChI is InChI=1S/C24H25FN8O.2C2HF3O2/c1-14-12-33-13-17(10-19(25)22(33)29-14)31-24(34)18-11-28-23(21-20(18)26-6-7-27-21)32-8-4-16(5-9-32)30-15-2-3-15;2*3-2(4,5)1(6)7/h6-7,10-13,15-16,30H,2-5,8-9H2,1H3,(H,31,34);2*(H,6,7). The van der Waals surface area contributed by atoms with E-state index in [1.165, 1.54) is 25.1 Å². The first-order chi connectivity index (χ1) is 22.4. The topological polar surface area (TPSA) is 175 Å². The van der Waals surface area contributed by atoms with Crippen LogP contribution in [-0.2, 0) is 9.59 Å². The number of rotatable bonds is 5. The summed E-state index contributed by atoms with van der Waals surface area (Å²) < 4.78 is 79.5. The monoisotopic (exact) mass is 688 g/mol. The van der Waals surface area contributed by atoms with Gasteiger partial charge < -0.3 is 30.1 Å². The number of nitrogens with one attached hydrogen (secondary N) is 2. The predicted molar refractivity (Wildman–Crippen MR) is 154 cm³/mol. The number of halogens is 7. The number of carboxylic acid groups (broad SMARTS) is 2. The van der Waals surface area contributed by atoms with Gasteiger partial charge in [0.1, 0.15) is 11.0 Å². The van der Waals surface area contributed by atoms with E-state index >= 15 is 0 Å². The lowest BCUT2D eigenvalue weighted by Crippen LogP contribution is -2.43. The zero-order valence-electron chi connectivity index (χ0n) is 24.8. The molecule has 4 aromatic heterocycles. The zero-order chi connectivity index (χ0) is 35.4. The minimum atomic E-state index is -5.08. The molecule has 2 fully saturated rings. The highest BCUT2D eigenvalue weighted by molar-refractivity contribution is 6.12.